The van der Waals surface area contributed by atoms with Crippen LogP contribution in [0.5, 0.6) is 0 Å². The van der Waals surface area contributed by atoms with Crippen molar-refractivity contribution in [3.05, 3.63) is 29.3 Å². The highest BCUT2D eigenvalue weighted by Gasteiger charge is 2.30. The lowest BCUT2D eigenvalue weighted by Gasteiger charge is -2.18. The van der Waals surface area contributed by atoms with Crippen LogP contribution in [0.15, 0.2) is 17.0 Å². The zero-order chi connectivity index (χ0) is 15.7. The fraction of sp³-hybridized carbons (Fsp3) is 0.417. The van der Waals surface area contributed by atoms with Crippen LogP contribution in [-0.2, 0) is 14.8 Å². The van der Waals surface area contributed by atoms with E-state index in [0.717, 1.165) is 6.07 Å². The second kappa shape index (κ2) is 5.84. The molecule has 5 nitrogen and oxygen atoms in total. The van der Waals surface area contributed by atoms with E-state index in [-0.39, 0.29) is 5.56 Å². The molecule has 0 saturated heterocycles. The lowest BCUT2D eigenvalue weighted by Crippen LogP contribution is -2.44. The maximum Gasteiger partial charge on any atom is 0.322 e. The number of carbonyl (C=O) groups is 1. The summed E-state index contributed by atoms with van der Waals surface area (Å²) in [5, 5.41) is 8.93. The number of rotatable bonds is 5. The summed E-state index contributed by atoms with van der Waals surface area (Å²) < 4.78 is 52.8. The van der Waals surface area contributed by atoms with E-state index >= 15 is 0 Å². The van der Waals surface area contributed by atoms with Gasteiger partial charge in [0, 0.05) is 0 Å². The second-order valence-corrected chi connectivity index (χ2v) is 6.40. The highest BCUT2D eigenvalue weighted by atomic mass is 32.2. The third-order valence-electron chi connectivity index (χ3n) is 2.72. The molecule has 0 spiro atoms. The van der Waals surface area contributed by atoms with E-state index < -0.39 is 44.5 Å². The Kier molecular flexibility index (Phi) is 4.82. The molecule has 8 heteroatoms. The number of aryl methyl sites for hydroxylation is 1. The molecule has 1 unspecified atom stereocenters. The summed E-state index contributed by atoms with van der Waals surface area (Å²) >= 11 is 0. The molecule has 1 rings (SSSR count). The van der Waals surface area contributed by atoms with E-state index in [4.69, 9.17) is 5.11 Å². The molecule has 0 fully saturated rings. The fourth-order valence-electron chi connectivity index (χ4n) is 1.54. The topological polar surface area (TPSA) is 83.5 Å². The summed E-state index contributed by atoms with van der Waals surface area (Å²) in [7, 11) is -4.47. The quantitative estimate of drug-likeness (QED) is 0.866. The largest absolute Gasteiger partial charge is 0.480 e. The van der Waals surface area contributed by atoms with Gasteiger partial charge in [-0.3, -0.25) is 4.79 Å². The Morgan fingerprint density at radius 2 is 1.80 bits per heavy atom. The number of nitrogens with one attached hydrogen (secondary N) is 1. The number of sulfonamides is 1. The first-order valence-electron chi connectivity index (χ1n) is 5.77. The molecule has 0 aliphatic heterocycles. The summed E-state index contributed by atoms with van der Waals surface area (Å²) in [4.78, 5) is 10.1. The van der Waals surface area contributed by atoms with Crippen LogP contribution in [-0.4, -0.2) is 25.5 Å². The van der Waals surface area contributed by atoms with Gasteiger partial charge in [0.1, 0.15) is 22.6 Å². The molecule has 0 aromatic heterocycles. The van der Waals surface area contributed by atoms with Gasteiger partial charge in [0.25, 0.3) is 0 Å². The van der Waals surface area contributed by atoms with Crippen molar-refractivity contribution in [3.8, 4) is 0 Å². The Morgan fingerprint density at radius 1 is 1.25 bits per heavy atom. The molecule has 1 aromatic carbocycles. The Balaban J connectivity index is 3.24. The molecule has 0 amide bonds. The minimum absolute atomic E-state index is 0.0416. The van der Waals surface area contributed by atoms with Crippen molar-refractivity contribution < 1.29 is 27.1 Å². The van der Waals surface area contributed by atoms with Crippen LogP contribution in [0.1, 0.15) is 19.4 Å². The molecule has 0 saturated carbocycles. The van der Waals surface area contributed by atoms with Gasteiger partial charge in [-0.05, 0) is 30.5 Å². The standard InChI is InChI=1S/C12H15F2NO4S/c1-6(2)11(12(16)17)15-20(18,19)10-5-8(13)7(3)4-9(10)14/h4-6,11,15H,1-3H3,(H,16,17). The molecule has 1 aromatic rings. The highest BCUT2D eigenvalue weighted by molar-refractivity contribution is 7.89. The average Bonchev–Trinajstić information content (AvgIpc) is 2.30. The summed E-state index contributed by atoms with van der Waals surface area (Å²) in [5.41, 5.74) is -0.0416. The van der Waals surface area contributed by atoms with Crippen LogP contribution in [0.25, 0.3) is 0 Å². The first-order chi connectivity index (χ1) is 9.06. The van der Waals surface area contributed by atoms with Gasteiger partial charge in [0.2, 0.25) is 10.0 Å². The predicted molar refractivity (Wildman–Crippen MR) is 67.7 cm³/mol. The lowest BCUT2D eigenvalue weighted by atomic mass is 10.1. The van der Waals surface area contributed by atoms with Gasteiger partial charge in [-0.1, -0.05) is 13.8 Å². The highest BCUT2D eigenvalue weighted by Crippen LogP contribution is 2.20. The van der Waals surface area contributed by atoms with Gasteiger partial charge in [-0.25, -0.2) is 17.2 Å². The number of hydrogen-bond donors (Lipinski definition) is 2. The van der Waals surface area contributed by atoms with Crippen LogP contribution < -0.4 is 4.72 Å². The number of hydrogen-bond acceptors (Lipinski definition) is 3. The van der Waals surface area contributed by atoms with Crippen molar-refractivity contribution in [3.63, 3.8) is 0 Å². The zero-order valence-electron chi connectivity index (χ0n) is 11.1. The fourth-order valence-corrected chi connectivity index (χ4v) is 2.94. The Labute approximate surface area is 115 Å². The van der Waals surface area contributed by atoms with Gasteiger partial charge in [0.05, 0.1) is 0 Å². The molecule has 0 bridgehead atoms. The molecular formula is C12H15F2NO4S. The van der Waals surface area contributed by atoms with E-state index in [2.05, 4.69) is 0 Å². The van der Waals surface area contributed by atoms with Gasteiger partial charge in [0.15, 0.2) is 0 Å². The zero-order valence-corrected chi connectivity index (χ0v) is 12.0. The van der Waals surface area contributed by atoms with E-state index in [1.54, 1.807) is 0 Å². The van der Waals surface area contributed by atoms with E-state index in [1.807, 2.05) is 4.72 Å². The summed E-state index contributed by atoms with van der Waals surface area (Å²) in [6.45, 7) is 4.27. The molecule has 1 atom stereocenters. The van der Waals surface area contributed by atoms with Crippen LogP contribution in [0.4, 0.5) is 8.78 Å². The van der Waals surface area contributed by atoms with Crippen molar-refractivity contribution in [2.45, 2.75) is 31.7 Å². The number of halogens is 2. The van der Waals surface area contributed by atoms with E-state index in [0.29, 0.717) is 6.07 Å². The van der Waals surface area contributed by atoms with Gasteiger partial charge in [-0.15, -0.1) is 0 Å². The molecule has 0 heterocycles. The van der Waals surface area contributed by atoms with Crippen molar-refractivity contribution >= 4 is 16.0 Å². The van der Waals surface area contributed by atoms with Crippen molar-refractivity contribution in [2.24, 2.45) is 5.92 Å². The van der Waals surface area contributed by atoms with Gasteiger partial charge in [-0.2, -0.15) is 4.72 Å². The van der Waals surface area contributed by atoms with Crippen LogP contribution in [0.3, 0.4) is 0 Å². The lowest BCUT2D eigenvalue weighted by molar-refractivity contribution is -0.140. The Hall–Kier alpha value is -1.54. The summed E-state index contributed by atoms with van der Waals surface area (Å²) in [5.74, 6) is -3.97. The number of carboxylic acids is 1. The summed E-state index contributed by atoms with van der Waals surface area (Å²) in [6, 6.07) is -0.148. The van der Waals surface area contributed by atoms with Crippen LogP contribution in [0, 0.1) is 24.5 Å². The van der Waals surface area contributed by atoms with E-state index in [9.17, 15) is 22.0 Å². The Bertz CT molecular complexity index is 629. The van der Waals surface area contributed by atoms with Crippen molar-refractivity contribution in [1.29, 1.82) is 0 Å². The normalized spacial score (nSPS) is 13.5. The third kappa shape index (κ3) is 3.51. The number of aliphatic carboxylic acids is 1. The first kappa shape index (κ1) is 16.5. The maximum atomic E-state index is 13.6. The number of carboxylic acid groups (broad SMARTS) is 1. The first-order valence-corrected chi connectivity index (χ1v) is 7.25. The number of benzene rings is 1. The molecule has 20 heavy (non-hydrogen) atoms. The minimum atomic E-state index is -4.47. The molecule has 112 valence electrons. The Morgan fingerprint density at radius 3 is 2.25 bits per heavy atom. The van der Waals surface area contributed by atoms with Gasteiger partial charge < -0.3 is 5.11 Å². The van der Waals surface area contributed by atoms with Crippen molar-refractivity contribution in [1.82, 2.24) is 4.72 Å². The van der Waals surface area contributed by atoms with E-state index in [1.165, 1.54) is 20.8 Å². The smallest absolute Gasteiger partial charge is 0.322 e. The van der Waals surface area contributed by atoms with Crippen molar-refractivity contribution in [2.75, 3.05) is 0 Å². The predicted octanol–water partition coefficient (Wildman–Crippen LogP) is 1.66. The maximum absolute atomic E-state index is 13.6. The average molecular weight is 307 g/mol. The SMILES string of the molecule is Cc1cc(F)c(S(=O)(=O)NC(C(=O)O)C(C)C)cc1F. The van der Waals surface area contributed by atoms with Crippen LogP contribution >= 0.6 is 0 Å². The third-order valence-corrected chi connectivity index (χ3v) is 4.17. The molecule has 2 N–H and O–H groups in total. The molecule has 0 radical (unpaired) electrons. The summed E-state index contributed by atoms with van der Waals surface area (Å²) in [6.07, 6.45) is 0. The van der Waals surface area contributed by atoms with Crippen LogP contribution in [0.2, 0.25) is 0 Å². The molecule has 0 aliphatic rings. The van der Waals surface area contributed by atoms with Gasteiger partial charge >= 0.3 is 5.97 Å². The minimum Gasteiger partial charge on any atom is -0.480 e. The molecular weight excluding hydrogens is 292 g/mol. The molecule has 0 aliphatic carbocycles. The monoisotopic (exact) mass is 307 g/mol. The second-order valence-electron chi connectivity index (χ2n) is 4.71.